The molecule has 28 heavy (non-hydrogen) atoms. The summed E-state index contributed by atoms with van der Waals surface area (Å²) in [6, 6.07) is 6.04. The van der Waals surface area contributed by atoms with Gasteiger partial charge in [-0.2, -0.15) is 5.26 Å². The van der Waals surface area contributed by atoms with E-state index in [-0.39, 0.29) is 17.4 Å². The van der Waals surface area contributed by atoms with Crippen LogP contribution in [0.3, 0.4) is 0 Å². The van der Waals surface area contributed by atoms with Gasteiger partial charge in [0, 0.05) is 18.4 Å². The Morgan fingerprint density at radius 3 is 2.32 bits per heavy atom. The van der Waals surface area contributed by atoms with Crippen LogP contribution in [-0.2, 0) is 0 Å². The maximum atomic E-state index is 13.2. The van der Waals surface area contributed by atoms with Gasteiger partial charge >= 0.3 is 0 Å². The number of aryl methyl sites for hydroxylation is 1. The minimum atomic E-state index is -0.181. The second-order valence-electron chi connectivity index (χ2n) is 9.39. The Hall–Kier alpha value is -2.48. The molecule has 2 heterocycles. The van der Waals surface area contributed by atoms with Crippen LogP contribution in [-0.4, -0.2) is 16.5 Å². The topological polar surface area (TPSA) is 71.0 Å². The molecule has 4 aliphatic carbocycles. The van der Waals surface area contributed by atoms with Crippen molar-refractivity contribution in [1.82, 2.24) is 9.88 Å². The number of carbonyl (C=O) groups is 1. The molecule has 2 aromatic heterocycles. The van der Waals surface area contributed by atoms with E-state index in [1.54, 1.807) is 11.5 Å². The third-order valence-corrected chi connectivity index (χ3v) is 7.60. The molecule has 0 unspecified atom stereocenters. The van der Waals surface area contributed by atoms with Gasteiger partial charge < -0.3 is 9.73 Å². The van der Waals surface area contributed by atoms with E-state index >= 15 is 0 Å². The predicted octanol–water partition coefficient (Wildman–Crippen LogP) is 4.59. The molecule has 2 aromatic rings. The summed E-state index contributed by atoms with van der Waals surface area (Å²) >= 11 is 0. The number of hydrogen-bond acceptors (Lipinski definition) is 3. The minimum Gasteiger partial charge on any atom is -0.443 e. The van der Waals surface area contributed by atoms with Gasteiger partial charge in [-0.15, -0.1) is 0 Å². The molecule has 1 amide bonds. The SMILES string of the molecule is Cc1oc(-n2cccc2)c(C#N)c1C(=O)N[C@H](C)C12CC3CC(CC(C3)C1)C2. The number of nitrogens with zero attached hydrogens (tertiary/aromatic N) is 2. The Morgan fingerprint density at radius 2 is 1.79 bits per heavy atom. The third-order valence-electron chi connectivity index (χ3n) is 7.60. The summed E-state index contributed by atoms with van der Waals surface area (Å²) in [6.45, 7) is 3.93. The largest absolute Gasteiger partial charge is 0.443 e. The quantitative estimate of drug-likeness (QED) is 0.847. The molecular weight excluding hydrogens is 350 g/mol. The zero-order chi connectivity index (χ0) is 19.5. The molecule has 4 bridgehead atoms. The van der Waals surface area contributed by atoms with Crippen LogP contribution < -0.4 is 5.32 Å². The smallest absolute Gasteiger partial charge is 0.256 e. The molecule has 0 aliphatic heterocycles. The number of amides is 1. The summed E-state index contributed by atoms with van der Waals surface area (Å²) in [4.78, 5) is 13.2. The van der Waals surface area contributed by atoms with Crippen LogP contribution in [0.15, 0.2) is 28.9 Å². The monoisotopic (exact) mass is 377 g/mol. The van der Waals surface area contributed by atoms with Crippen LogP contribution in [0.1, 0.15) is 67.1 Å². The van der Waals surface area contributed by atoms with Crippen molar-refractivity contribution >= 4 is 5.91 Å². The lowest BCUT2D eigenvalue weighted by molar-refractivity contribution is -0.0688. The first-order valence-electron chi connectivity index (χ1n) is 10.5. The summed E-state index contributed by atoms with van der Waals surface area (Å²) in [5.41, 5.74) is 0.921. The molecule has 5 heteroatoms. The fourth-order valence-electron chi connectivity index (χ4n) is 6.69. The Morgan fingerprint density at radius 1 is 1.21 bits per heavy atom. The highest BCUT2D eigenvalue weighted by molar-refractivity contribution is 5.98. The molecule has 6 rings (SSSR count). The van der Waals surface area contributed by atoms with Crippen molar-refractivity contribution in [2.75, 3.05) is 0 Å². The molecule has 0 radical (unpaired) electrons. The number of aromatic nitrogens is 1. The normalized spacial score (nSPS) is 31.5. The lowest BCUT2D eigenvalue weighted by atomic mass is 9.48. The highest BCUT2D eigenvalue weighted by Crippen LogP contribution is 2.61. The van der Waals surface area contributed by atoms with E-state index in [9.17, 15) is 10.1 Å². The first-order valence-corrected chi connectivity index (χ1v) is 10.5. The number of nitriles is 1. The maximum absolute atomic E-state index is 13.2. The van der Waals surface area contributed by atoms with Crippen LogP contribution in [0.5, 0.6) is 0 Å². The Balaban J connectivity index is 1.41. The average molecular weight is 377 g/mol. The van der Waals surface area contributed by atoms with E-state index in [4.69, 9.17) is 4.42 Å². The van der Waals surface area contributed by atoms with Crippen molar-refractivity contribution in [1.29, 1.82) is 5.26 Å². The molecule has 1 N–H and O–H groups in total. The second kappa shape index (κ2) is 6.27. The van der Waals surface area contributed by atoms with E-state index in [1.165, 1.54) is 38.5 Å². The highest BCUT2D eigenvalue weighted by atomic mass is 16.4. The second-order valence-corrected chi connectivity index (χ2v) is 9.39. The Labute approximate surface area is 165 Å². The first-order chi connectivity index (χ1) is 13.5. The fourth-order valence-corrected chi connectivity index (χ4v) is 6.69. The Kier molecular flexibility index (Phi) is 3.94. The molecule has 0 saturated heterocycles. The van der Waals surface area contributed by atoms with Crippen molar-refractivity contribution in [3.8, 4) is 12.0 Å². The molecule has 0 aromatic carbocycles. The van der Waals surface area contributed by atoms with E-state index in [0.717, 1.165) is 17.8 Å². The van der Waals surface area contributed by atoms with E-state index in [1.807, 2.05) is 24.5 Å². The van der Waals surface area contributed by atoms with Gasteiger partial charge in [-0.05, 0) is 87.7 Å². The first kappa shape index (κ1) is 17.6. The van der Waals surface area contributed by atoms with Gasteiger partial charge in [-0.1, -0.05) is 0 Å². The number of carbonyl (C=O) groups excluding carboxylic acids is 1. The molecule has 4 saturated carbocycles. The minimum absolute atomic E-state index is 0.115. The average Bonchev–Trinajstić information content (AvgIpc) is 3.27. The molecule has 4 fully saturated rings. The number of nitrogens with one attached hydrogen (secondary N) is 1. The summed E-state index contributed by atoms with van der Waals surface area (Å²) in [6.07, 6.45) is 11.5. The number of hydrogen-bond donors (Lipinski definition) is 1. The van der Waals surface area contributed by atoms with Crippen LogP contribution in [0.25, 0.3) is 5.88 Å². The van der Waals surface area contributed by atoms with E-state index < -0.39 is 0 Å². The van der Waals surface area contributed by atoms with Crippen molar-refractivity contribution < 1.29 is 9.21 Å². The number of rotatable bonds is 4. The van der Waals surface area contributed by atoms with E-state index in [2.05, 4.69) is 18.3 Å². The van der Waals surface area contributed by atoms with Gasteiger partial charge in [0.25, 0.3) is 5.91 Å². The van der Waals surface area contributed by atoms with Crippen molar-refractivity contribution in [3.63, 3.8) is 0 Å². The standard InChI is InChI=1S/C23H27N3O2/c1-14-20(19(13-24)22(28-14)26-5-3-4-6-26)21(27)25-15(2)23-10-16-7-17(11-23)9-18(8-16)12-23/h3-6,15-18H,7-12H2,1-2H3,(H,25,27)/t15-,16?,17?,18?,23?/m1/s1. The van der Waals surface area contributed by atoms with Gasteiger partial charge in [0.05, 0.1) is 0 Å². The summed E-state index contributed by atoms with van der Waals surface area (Å²) in [7, 11) is 0. The fraction of sp³-hybridized carbons (Fsp3) is 0.565. The van der Waals surface area contributed by atoms with Gasteiger partial charge in [0.2, 0.25) is 5.88 Å². The van der Waals surface area contributed by atoms with Crippen LogP contribution in [0.4, 0.5) is 0 Å². The lowest BCUT2D eigenvalue weighted by Gasteiger charge is -2.59. The lowest BCUT2D eigenvalue weighted by Crippen LogP contribution is -2.55. The van der Waals surface area contributed by atoms with Crippen LogP contribution in [0.2, 0.25) is 0 Å². The molecular formula is C23H27N3O2. The highest BCUT2D eigenvalue weighted by Gasteiger charge is 2.53. The maximum Gasteiger partial charge on any atom is 0.256 e. The molecule has 5 nitrogen and oxygen atoms in total. The van der Waals surface area contributed by atoms with Gasteiger partial charge in [-0.3, -0.25) is 9.36 Å². The van der Waals surface area contributed by atoms with Crippen molar-refractivity contribution in [2.45, 2.75) is 58.4 Å². The zero-order valence-corrected chi connectivity index (χ0v) is 16.6. The summed E-state index contributed by atoms with van der Waals surface area (Å²) in [5.74, 6) is 3.26. The summed E-state index contributed by atoms with van der Waals surface area (Å²) < 4.78 is 7.55. The van der Waals surface area contributed by atoms with E-state index in [0.29, 0.717) is 22.8 Å². The molecule has 4 aliphatic rings. The van der Waals surface area contributed by atoms with Crippen LogP contribution >= 0.6 is 0 Å². The zero-order valence-electron chi connectivity index (χ0n) is 16.6. The molecule has 1 atom stereocenters. The molecule has 0 spiro atoms. The van der Waals surface area contributed by atoms with Crippen LogP contribution in [0, 0.1) is 41.4 Å². The van der Waals surface area contributed by atoms with Crippen molar-refractivity contribution in [2.24, 2.45) is 23.2 Å². The summed E-state index contributed by atoms with van der Waals surface area (Å²) in [5, 5.41) is 13.0. The van der Waals surface area contributed by atoms with Gasteiger partial charge in [0.1, 0.15) is 23.0 Å². The predicted molar refractivity (Wildman–Crippen MR) is 105 cm³/mol. The number of furan rings is 1. The third kappa shape index (κ3) is 2.62. The van der Waals surface area contributed by atoms with Gasteiger partial charge in [0.15, 0.2) is 0 Å². The van der Waals surface area contributed by atoms with Crippen molar-refractivity contribution in [3.05, 3.63) is 41.4 Å². The van der Waals surface area contributed by atoms with Gasteiger partial charge in [-0.25, -0.2) is 0 Å². The Bertz CT molecular complexity index is 912. The molecule has 146 valence electrons.